The minimum absolute atomic E-state index is 0.0470. The van der Waals surface area contributed by atoms with Gasteiger partial charge in [-0.1, -0.05) is 54.4 Å². The number of nitrogens with zero attached hydrogens (tertiary/aromatic N) is 1. The fourth-order valence-electron chi connectivity index (χ4n) is 3.90. The molecule has 1 heterocycles. The molecule has 3 atom stereocenters. The molecule has 1 amide bonds. The van der Waals surface area contributed by atoms with E-state index in [0.717, 1.165) is 17.5 Å². The summed E-state index contributed by atoms with van der Waals surface area (Å²) in [6.45, 7) is 1.95. The van der Waals surface area contributed by atoms with E-state index in [0.29, 0.717) is 22.9 Å². The number of carbonyl (C=O) groups is 1. The minimum Gasteiger partial charge on any atom is -0.394 e. The molecule has 2 aromatic carbocycles. The lowest BCUT2D eigenvalue weighted by atomic mass is 9.79. The summed E-state index contributed by atoms with van der Waals surface area (Å²) < 4.78 is 0. The van der Waals surface area contributed by atoms with Crippen LogP contribution in [-0.4, -0.2) is 28.6 Å². The monoisotopic (exact) mass is 391 g/mol. The second-order valence-electron chi connectivity index (χ2n) is 6.74. The Hall–Kier alpha value is -1.55. The molecule has 3 nitrogen and oxygen atoms in total. The molecule has 2 aromatic rings. The van der Waals surface area contributed by atoms with Gasteiger partial charge in [0.05, 0.1) is 18.7 Å². The number of halogens is 2. The van der Waals surface area contributed by atoms with Crippen LogP contribution in [0.4, 0.5) is 0 Å². The van der Waals surface area contributed by atoms with Gasteiger partial charge in [0.1, 0.15) is 0 Å². The highest BCUT2D eigenvalue weighted by Crippen LogP contribution is 2.44. The van der Waals surface area contributed by atoms with Gasteiger partial charge in [-0.15, -0.1) is 0 Å². The van der Waals surface area contributed by atoms with E-state index in [1.807, 2.05) is 54.3 Å². The summed E-state index contributed by atoms with van der Waals surface area (Å²) in [6.07, 6.45) is 1.93. The Morgan fingerprint density at radius 1 is 1.12 bits per heavy atom. The predicted octanol–water partition coefficient (Wildman–Crippen LogP) is 5.21. The molecule has 0 saturated carbocycles. The maximum absolute atomic E-state index is 12.8. The van der Waals surface area contributed by atoms with Gasteiger partial charge in [0.15, 0.2) is 0 Å². The molecule has 1 fully saturated rings. The maximum Gasteiger partial charge on any atom is 0.223 e. The maximum atomic E-state index is 12.8. The van der Waals surface area contributed by atoms with Crippen LogP contribution >= 0.6 is 23.2 Å². The molecule has 1 aliphatic rings. The highest BCUT2D eigenvalue weighted by atomic mass is 35.5. The molecule has 0 radical (unpaired) electrons. The summed E-state index contributed by atoms with van der Waals surface area (Å²) in [5.74, 6) is 0.206. The molecular weight excluding hydrogens is 369 g/mol. The SMILES string of the molecule is CCC(CO)N1C(=O)CC[C@H](c2cccc(Cl)c2)[C@H]1c1ccc(Cl)cc1. The summed E-state index contributed by atoms with van der Waals surface area (Å²) in [6, 6.07) is 15.1. The number of hydrogen-bond donors (Lipinski definition) is 1. The van der Waals surface area contributed by atoms with Gasteiger partial charge in [-0.2, -0.15) is 0 Å². The highest BCUT2D eigenvalue weighted by molar-refractivity contribution is 6.30. The van der Waals surface area contributed by atoms with E-state index in [-0.39, 0.29) is 30.5 Å². The zero-order chi connectivity index (χ0) is 18.7. The van der Waals surface area contributed by atoms with Gasteiger partial charge in [0, 0.05) is 22.4 Å². The summed E-state index contributed by atoms with van der Waals surface area (Å²) in [5, 5.41) is 11.2. The third kappa shape index (κ3) is 3.90. The molecule has 1 unspecified atom stereocenters. The number of rotatable bonds is 5. The van der Waals surface area contributed by atoms with Crippen LogP contribution in [0, 0.1) is 0 Å². The molecular formula is C21H23Cl2NO2. The van der Waals surface area contributed by atoms with Crippen LogP contribution < -0.4 is 0 Å². The highest BCUT2D eigenvalue weighted by Gasteiger charge is 2.40. The molecule has 26 heavy (non-hydrogen) atoms. The lowest BCUT2D eigenvalue weighted by Gasteiger charge is -2.45. The predicted molar refractivity (Wildman–Crippen MR) is 106 cm³/mol. The Kier molecular flexibility index (Phi) is 6.23. The first-order chi connectivity index (χ1) is 12.5. The van der Waals surface area contributed by atoms with Crippen LogP contribution in [0.3, 0.4) is 0 Å². The Balaban J connectivity index is 2.09. The van der Waals surface area contributed by atoms with Gasteiger partial charge in [0.2, 0.25) is 5.91 Å². The molecule has 5 heteroatoms. The van der Waals surface area contributed by atoms with E-state index in [4.69, 9.17) is 23.2 Å². The van der Waals surface area contributed by atoms with Gasteiger partial charge in [-0.25, -0.2) is 0 Å². The first-order valence-electron chi connectivity index (χ1n) is 8.98. The van der Waals surface area contributed by atoms with Crippen molar-refractivity contribution >= 4 is 29.1 Å². The van der Waals surface area contributed by atoms with Gasteiger partial charge in [-0.05, 0) is 48.2 Å². The molecule has 0 aromatic heterocycles. The van der Waals surface area contributed by atoms with Crippen molar-refractivity contribution in [1.82, 2.24) is 4.90 Å². The van der Waals surface area contributed by atoms with Gasteiger partial charge >= 0.3 is 0 Å². The van der Waals surface area contributed by atoms with Crippen molar-refractivity contribution in [1.29, 1.82) is 0 Å². The van der Waals surface area contributed by atoms with Crippen LogP contribution in [0.1, 0.15) is 49.3 Å². The summed E-state index contributed by atoms with van der Waals surface area (Å²) in [5.41, 5.74) is 2.14. The zero-order valence-electron chi connectivity index (χ0n) is 14.7. The molecule has 1 N–H and O–H groups in total. The Morgan fingerprint density at radius 3 is 2.46 bits per heavy atom. The molecule has 3 rings (SSSR count). The minimum atomic E-state index is -0.204. The summed E-state index contributed by atoms with van der Waals surface area (Å²) >= 11 is 12.3. The number of aliphatic hydroxyl groups excluding tert-OH is 1. The summed E-state index contributed by atoms with van der Waals surface area (Å²) in [4.78, 5) is 14.7. The number of benzene rings is 2. The normalized spacial score (nSPS) is 21.7. The second-order valence-corrected chi connectivity index (χ2v) is 7.62. The first kappa shape index (κ1) is 19.2. The van der Waals surface area contributed by atoms with E-state index >= 15 is 0 Å². The number of aliphatic hydroxyl groups is 1. The van der Waals surface area contributed by atoms with Gasteiger partial charge in [-0.3, -0.25) is 4.79 Å². The summed E-state index contributed by atoms with van der Waals surface area (Å²) in [7, 11) is 0. The van der Waals surface area contributed by atoms with Crippen molar-refractivity contribution in [2.75, 3.05) is 6.61 Å². The van der Waals surface area contributed by atoms with Crippen LogP contribution in [0.15, 0.2) is 48.5 Å². The number of piperidine rings is 1. The standard InChI is InChI=1S/C21H23Cl2NO2/c1-2-18(13-25)24-20(26)11-10-19(15-4-3-5-17(23)12-15)21(24)14-6-8-16(22)9-7-14/h3-9,12,18-19,21,25H,2,10-11,13H2,1H3/t18?,19-,21-/m1/s1. The Bertz CT molecular complexity index is 759. The van der Waals surface area contributed by atoms with E-state index in [9.17, 15) is 9.90 Å². The average molecular weight is 392 g/mol. The van der Waals surface area contributed by atoms with Crippen LogP contribution in [-0.2, 0) is 4.79 Å². The third-order valence-electron chi connectivity index (χ3n) is 5.20. The van der Waals surface area contributed by atoms with Crippen molar-refractivity contribution in [3.8, 4) is 0 Å². The lowest BCUT2D eigenvalue weighted by molar-refractivity contribution is -0.142. The molecule has 1 aliphatic heterocycles. The van der Waals surface area contributed by atoms with Gasteiger partial charge < -0.3 is 10.0 Å². The van der Waals surface area contributed by atoms with Crippen LogP contribution in [0.25, 0.3) is 0 Å². The number of likely N-dealkylation sites (tertiary alicyclic amines) is 1. The van der Waals surface area contributed by atoms with E-state index in [1.165, 1.54) is 0 Å². The fraction of sp³-hybridized carbons (Fsp3) is 0.381. The van der Waals surface area contributed by atoms with E-state index < -0.39 is 0 Å². The van der Waals surface area contributed by atoms with Crippen molar-refractivity contribution in [2.24, 2.45) is 0 Å². The molecule has 1 saturated heterocycles. The quantitative estimate of drug-likeness (QED) is 0.759. The average Bonchev–Trinajstić information content (AvgIpc) is 2.64. The van der Waals surface area contributed by atoms with Crippen molar-refractivity contribution < 1.29 is 9.90 Å². The van der Waals surface area contributed by atoms with Crippen molar-refractivity contribution in [3.63, 3.8) is 0 Å². The lowest BCUT2D eigenvalue weighted by Crippen LogP contribution is -2.49. The number of amides is 1. The third-order valence-corrected chi connectivity index (χ3v) is 5.69. The Morgan fingerprint density at radius 2 is 1.85 bits per heavy atom. The topological polar surface area (TPSA) is 40.5 Å². The molecule has 138 valence electrons. The fourth-order valence-corrected chi connectivity index (χ4v) is 4.22. The van der Waals surface area contributed by atoms with Crippen molar-refractivity contribution in [3.05, 3.63) is 69.7 Å². The van der Waals surface area contributed by atoms with E-state index in [1.54, 1.807) is 0 Å². The van der Waals surface area contributed by atoms with Crippen molar-refractivity contribution in [2.45, 2.75) is 44.2 Å². The number of hydrogen-bond acceptors (Lipinski definition) is 2. The van der Waals surface area contributed by atoms with Crippen LogP contribution in [0.5, 0.6) is 0 Å². The molecule has 0 aliphatic carbocycles. The van der Waals surface area contributed by atoms with Gasteiger partial charge in [0.25, 0.3) is 0 Å². The second kappa shape index (κ2) is 8.43. The van der Waals surface area contributed by atoms with E-state index in [2.05, 4.69) is 6.07 Å². The number of carbonyl (C=O) groups excluding carboxylic acids is 1. The smallest absolute Gasteiger partial charge is 0.223 e. The Labute approximate surface area is 164 Å². The molecule has 0 bridgehead atoms. The largest absolute Gasteiger partial charge is 0.394 e. The zero-order valence-corrected chi connectivity index (χ0v) is 16.2. The van der Waals surface area contributed by atoms with Crippen LogP contribution in [0.2, 0.25) is 10.0 Å². The first-order valence-corrected chi connectivity index (χ1v) is 9.73. The molecule has 0 spiro atoms.